The van der Waals surface area contributed by atoms with Crippen molar-refractivity contribution in [2.75, 3.05) is 11.9 Å². The highest BCUT2D eigenvalue weighted by atomic mass is 15.1. The molecule has 0 N–H and O–H groups in total. The van der Waals surface area contributed by atoms with Gasteiger partial charge in [0.25, 0.3) is 0 Å². The average Bonchev–Trinajstić information content (AvgIpc) is 2.98. The molecule has 0 amide bonds. The number of aryl methyl sites for hydroxylation is 1. The summed E-state index contributed by atoms with van der Waals surface area (Å²) >= 11 is 0. The van der Waals surface area contributed by atoms with Crippen LogP contribution >= 0.6 is 0 Å². The van der Waals surface area contributed by atoms with Gasteiger partial charge in [-0.15, -0.1) is 0 Å². The van der Waals surface area contributed by atoms with Gasteiger partial charge in [0.1, 0.15) is 0 Å². The maximum atomic E-state index is 2.48. The number of nitrogens with zero attached hydrogens (tertiary/aromatic N) is 1. The number of fused-ring (bicyclic) bond motifs is 5. The molecule has 0 radical (unpaired) electrons. The van der Waals surface area contributed by atoms with E-state index in [0.717, 1.165) is 0 Å². The van der Waals surface area contributed by atoms with Gasteiger partial charge in [-0.1, -0.05) is 61.7 Å². The van der Waals surface area contributed by atoms with Crippen LogP contribution in [0.1, 0.15) is 48.8 Å². The Balaban J connectivity index is 1.64. The minimum atomic E-state index is 0.230. The topological polar surface area (TPSA) is 3.24 Å². The Hall–Kier alpha value is -2.54. The molecule has 0 aliphatic heterocycles. The Morgan fingerprint density at radius 3 is 2.26 bits per heavy atom. The van der Waals surface area contributed by atoms with Crippen LogP contribution in [0.15, 0.2) is 66.7 Å². The smallest absolute Gasteiger partial charge is 0.0411 e. The SMILES string of the molecule is Cc1cccc(N(C)c2ccc3c(c2)C2(CCCCC2)c2ccccc2-3)c1. The van der Waals surface area contributed by atoms with Gasteiger partial charge in [0, 0.05) is 23.8 Å². The first-order valence-electron chi connectivity index (χ1n) is 10.2. The molecule has 27 heavy (non-hydrogen) atoms. The summed E-state index contributed by atoms with van der Waals surface area (Å²) in [5, 5.41) is 0. The van der Waals surface area contributed by atoms with Crippen LogP contribution in [0.4, 0.5) is 11.4 Å². The molecular formula is C26H27N. The Morgan fingerprint density at radius 2 is 1.44 bits per heavy atom. The van der Waals surface area contributed by atoms with Crippen molar-refractivity contribution in [1.29, 1.82) is 0 Å². The summed E-state index contributed by atoms with van der Waals surface area (Å²) in [5.41, 5.74) is 10.1. The third kappa shape index (κ3) is 2.52. The zero-order valence-corrected chi connectivity index (χ0v) is 16.3. The van der Waals surface area contributed by atoms with Crippen molar-refractivity contribution in [3.63, 3.8) is 0 Å². The third-order valence-corrected chi connectivity index (χ3v) is 6.73. The molecule has 1 fully saturated rings. The Bertz CT molecular complexity index is 995. The zero-order valence-electron chi connectivity index (χ0n) is 16.3. The van der Waals surface area contributed by atoms with Crippen molar-refractivity contribution < 1.29 is 0 Å². The van der Waals surface area contributed by atoms with Gasteiger partial charge in [-0.2, -0.15) is 0 Å². The second-order valence-corrected chi connectivity index (χ2v) is 8.32. The van der Waals surface area contributed by atoms with Crippen LogP contribution in [0.3, 0.4) is 0 Å². The average molecular weight is 354 g/mol. The molecule has 3 aromatic carbocycles. The van der Waals surface area contributed by atoms with Gasteiger partial charge in [0.15, 0.2) is 0 Å². The predicted molar refractivity (Wildman–Crippen MR) is 115 cm³/mol. The molecule has 136 valence electrons. The van der Waals surface area contributed by atoms with Crippen LogP contribution in [0, 0.1) is 6.92 Å². The molecule has 3 aromatic rings. The number of hydrogen-bond acceptors (Lipinski definition) is 1. The predicted octanol–water partition coefficient (Wildman–Crippen LogP) is 6.99. The summed E-state index contributed by atoms with van der Waals surface area (Å²) in [4.78, 5) is 2.33. The van der Waals surface area contributed by atoms with E-state index in [1.807, 2.05) is 0 Å². The van der Waals surface area contributed by atoms with Crippen molar-refractivity contribution in [3.05, 3.63) is 83.4 Å². The molecule has 0 saturated heterocycles. The van der Waals surface area contributed by atoms with E-state index in [2.05, 4.69) is 85.6 Å². The van der Waals surface area contributed by atoms with E-state index in [4.69, 9.17) is 0 Å². The molecular weight excluding hydrogens is 326 g/mol. The van der Waals surface area contributed by atoms with Crippen molar-refractivity contribution in [2.24, 2.45) is 0 Å². The molecule has 1 spiro atoms. The summed E-state index contributed by atoms with van der Waals surface area (Å²) in [6, 6.07) is 25.0. The first kappa shape index (κ1) is 16.6. The highest BCUT2D eigenvalue weighted by molar-refractivity contribution is 5.83. The van der Waals surface area contributed by atoms with Gasteiger partial charge in [-0.25, -0.2) is 0 Å². The first-order valence-corrected chi connectivity index (χ1v) is 10.2. The summed E-state index contributed by atoms with van der Waals surface area (Å²) in [6.45, 7) is 2.16. The molecule has 2 aliphatic carbocycles. The quantitative estimate of drug-likeness (QED) is 0.480. The van der Waals surface area contributed by atoms with Crippen molar-refractivity contribution >= 4 is 11.4 Å². The summed E-state index contributed by atoms with van der Waals surface area (Å²) in [6.07, 6.45) is 6.63. The molecule has 1 heteroatoms. The van der Waals surface area contributed by atoms with Crippen LogP contribution in [-0.2, 0) is 5.41 Å². The fraction of sp³-hybridized carbons (Fsp3) is 0.308. The van der Waals surface area contributed by atoms with Gasteiger partial charge >= 0.3 is 0 Å². The van der Waals surface area contributed by atoms with Crippen LogP contribution < -0.4 is 4.90 Å². The van der Waals surface area contributed by atoms with Crippen LogP contribution in [0.25, 0.3) is 11.1 Å². The van der Waals surface area contributed by atoms with E-state index in [-0.39, 0.29) is 5.41 Å². The molecule has 1 saturated carbocycles. The minimum Gasteiger partial charge on any atom is -0.345 e. The van der Waals surface area contributed by atoms with E-state index in [1.54, 1.807) is 11.1 Å². The first-order chi connectivity index (χ1) is 13.2. The standard InChI is InChI=1S/C26H27N/c1-19-9-8-10-20(17-19)27(2)21-13-14-23-22-11-4-5-12-24(22)26(25(23)18-21)15-6-3-7-16-26/h4-5,8-14,17-18H,3,6-7,15-16H2,1-2H3. The van der Waals surface area contributed by atoms with Crippen LogP contribution in [-0.4, -0.2) is 7.05 Å². The lowest BCUT2D eigenvalue weighted by molar-refractivity contribution is 0.353. The second-order valence-electron chi connectivity index (χ2n) is 8.32. The number of benzene rings is 3. The van der Waals surface area contributed by atoms with E-state index in [0.29, 0.717) is 0 Å². The normalized spacial score (nSPS) is 16.8. The zero-order chi connectivity index (χ0) is 18.4. The van der Waals surface area contributed by atoms with Gasteiger partial charge in [-0.05, 0) is 71.8 Å². The van der Waals surface area contributed by atoms with Crippen LogP contribution in [0.2, 0.25) is 0 Å². The lowest BCUT2D eigenvalue weighted by Gasteiger charge is -2.36. The van der Waals surface area contributed by atoms with E-state index >= 15 is 0 Å². The largest absolute Gasteiger partial charge is 0.345 e. The Morgan fingerprint density at radius 1 is 0.704 bits per heavy atom. The van der Waals surface area contributed by atoms with E-state index < -0.39 is 0 Å². The molecule has 0 bridgehead atoms. The number of rotatable bonds is 2. The molecule has 0 aromatic heterocycles. The van der Waals surface area contributed by atoms with Crippen molar-refractivity contribution in [2.45, 2.75) is 44.4 Å². The highest BCUT2D eigenvalue weighted by Crippen LogP contribution is 2.56. The van der Waals surface area contributed by atoms with Gasteiger partial charge in [0.2, 0.25) is 0 Å². The minimum absolute atomic E-state index is 0.230. The fourth-order valence-electron chi connectivity index (χ4n) is 5.33. The monoisotopic (exact) mass is 353 g/mol. The van der Waals surface area contributed by atoms with Gasteiger partial charge < -0.3 is 4.90 Å². The maximum Gasteiger partial charge on any atom is 0.0411 e. The Kier molecular flexibility index (Phi) is 3.86. The molecule has 0 heterocycles. The third-order valence-electron chi connectivity index (χ3n) is 6.73. The molecule has 5 rings (SSSR count). The Labute approximate surface area is 162 Å². The lowest BCUT2D eigenvalue weighted by Crippen LogP contribution is -2.28. The van der Waals surface area contributed by atoms with Gasteiger partial charge in [-0.3, -0.25) is 0 Å². The fourth-order valence-corrected chi connectivity index (χ4v) is 5.33. The summed E-state index contributed by atoms with van der Waals surface area (Å²) < 4.78 is 0. The van der Waals surface area contributed by atoms with E-state index in [1.165, 1.54) is 60.2 Å². The summed E-state index contributed by atoms with van der Waals surface area (Å²) in [7, 11) is 2.19. The van der Waals surface area contributed by atoms with Crippen molar-refractivity contribution in [1.82, 2.24) is 0 Å². The lowest BCUT2D eigenvalue weighted by atomic mass is 9.68. The van der Waals surface area contributed by atoms with E-state index in [9.17, 15) is 0 Å². The number of anilines is 2. The molecule has 2 aliphatic rings. The molecule has 0 atom stereocenters. The summed E-state index contributed by atoms with van der Waals surface area (Å²) in [5.74, 6) is 0. The second kappa shape index (κ2) is 6.27. The molecule has 0 unspecified atom stereocenters. The molecule has 1 nitrogen and oxygen atoms in total. The highest BCUT2D eigenvalue weighted by Gasteiger charge is 2.43. The van der Waals surface area contributed by atoms with Crippen LogP contribution in [0.5, 0.6) is 0 Å². The number of hydrogen-bond donors (Lipinski definition) is 0. The van der Waals surface area contributed by atoms with Crippen molar-refractivity contribution in [3.8, 4) is 11.1 Å². The maximum absolute atomic E-state index is 2.48. The van der Waals surface area contributed by atoms with Gasteiger partial charge in [0.05, 0.1) is 0 Å².